The summed E-state index contributed by atoms with van der Waals surface area (Å²) in [5, 5.41) is 21.6. The van der Waals surface area contributed by atoms with Crippen LogP contribution in [0.25, 0.3) is 0 Å². The van der Waals surface area contributed by atoms with E-state index >= 15 is 0 Å². The molecule has 0 saturated carbocycles. The van der Waals surface area contributed by atoms with Crippen molar-refractivity contribution < 1.29 is 4.68 Å². The van der Waals surface area contributed by atoms with E-state index in [1.165, 1.54) is 4.80 Å². The Morgan fingerprint density at radius 2 is 1.52 bits per heavy atom. The second-order valence-corrected chi connectivity index (χ2v) is 4.93. The fourth-order valence-corrected chi connectivity index (χ4v) is 1.47. The van der Waals surface area contributed by atoms with E-state index in [0.29, 0.717) is 5.82 Å². The number of nitrogens with zero attached hydrogens (tertiary/aromatic N) is 11. The first kappa shape index (κ1) is 18.3. The van der Waals surface area contributed by atoms with Crippen molar-refractivity contribution >= 4 is 0 Å². The van der Waals surface area contributed by atoms with E-state index in [0.717, 1.165) is 17.5 Å². The van der Waals surface area contributed by atoms with Gasteiger partial charge < -0.3 is 0 Å². The average molecular weight is 322 g/mol. The molecule has 0 saturated heterocycles. The molecule has 0 aliphatic heterocycles. The molecular formula is C12H24N11+. The van der Waals surface area contributed by atoms with Crippen molar-refractivity contribution in [2.24, 2.45) is 28.2 Å². The SMILES string of the molecule is Cc1nc(C)[n+](C)n1C.Cc1nnn(C)n1.Cc1nnnn1C. The molecule has 0 unspecified atom stereocenters. The van der Waals surface area contributed by atoms with E-state index in [2.05, 4.69) is 35.9 Å². The quantitative estimate of drug-likeness (QED) is 0.483. The zero-order valence-corrected chi connectivity index (χ0v) is 14.9. The van der Waals surface area contributed by atoms with Crippen molar-refractivity contribution in [3.63, 3.8) is 0 Å². The molecule has 3 aromatic rings. The Hall–Kier alpha value is -2.72. The standard InChI is InChI=1S/C6H12N3.2C3H6N4/c1-5-7-6(2)9(4)8(5)3;1-3-4-5-6-7(3)2;1-3-4-6-7(2)5-3/h1-4H3;2*1-2H3/q+1;;. The summed E-state index contributed by atoms with van der Waals surface area (Å²) in [5.41, 5.74) is 0. The Morgan fingerprint density at radius 1 is 0.870 bits per heavy atom. The van der Waals surface area contributed by atoms with Crippen molar-refractivity contribution in [2.45, 2.75) is 27.7 Å². The molecule has 0 N–H and O–H groups in total. The van der Waals surface area contributed by atoms with E-state index < -0.39 is 0 Å². The van der Waals surface area contributed by atoms with Gasteiger partial charge in [0.05, 0.1) is 14.1 Å². The molecular weight excluding hydrogens is 298 g/mol. The highest BCUT2D eigenvalue weighted by molar-refractivity contribution is 4.78. The predicted octanol–water partition coefficient (Wildman–Crippen LogP) is -1.10. The third-order valence-corrected chi connectivity index (χ3v) is 3.15. The maximum atomic E-state index is 4.24. The average Bonchev–Trinajstić information content (AvgIpc) is 3.11. The summed E-state index contributed by atoms with van der Waals surface area (Å²) in [7, 11) is 7.53. The minimum atomic E-state index is 0.711. The van der Waals surface area contributed by atoms with E-state index in [-0.39, 0.29) is 0 Å². The summed E-state index contributed by atoms with van der Waals surface area (Å²) in [5.74, 6) is 3.65. The largest absolute Gasteiger partial charge is 0.315 e. The van der Waals surface area contributed by atoms with E-state index in [1.54, 1.807) is 25.7 Å². The molecule has 3 heterocycles. The summed E-state index contributed by atoms with van der Waals surface area (Å²) in [4.78, 5) is 5.66. The van der Waals surface area contributed by atoms with Gasteiger partial charge in [0.1, 0.15) is 12.9 Å². The highest BCUT2D eigenvalue weighted by Crippen LogP contribution is 1.87. The second kappa shape index (κ2) is 8.06. The molecule has 0 atom stereocenters. The highest BCUT2D eigenvalue weighted by Gasteiger charge is 2.10. The first-order chi connectivity index (χ1) is 10.7. The number of hydrogen-bond donors (Lipinski definition) is 0. The van der Waals surface area contributed by atoms with Gasteiger partial charge in [-0.05, 0) is 34.5 Å². The van der Waals surface area contributed by atoms with Crippen LogP contribution in [0.1, 0.15) is 23.3 Å². The molecule has 0 fully saturated rings. The Morgan fingerprint density at radius 3 is 1.65 bits per heavy atom. The molecule has 23 heavy (non-hydrogen) atoms. The van der Waals surface area contributed by atoms with Crippen LogP contribution in [0.5, 0.6) is 0 Å². The van der Waals surface area contributed by atoms with Crippen LogP contribution >= 0.6 is 0 Å². The van der Waals surface area contributed by atoms with Gasteiger partial charge in [-0.1, -0.05) is 0 Å². The van der Waals surface area contributed by atoms with E-state index in [4.69, 9.17) is 0 Å². The van der Waals surface area contributed by atoms with Gasteiger partial charge in [0.25, 0.3) is 5.82 Å². The summed E-state index contributed by atoms with van der Waals surface area (Å²) in [6.07, 6.45) is 0. The van der Waals surface area contributed by atoms with Gasteiger partial charge in [0.2, 0.25) is 0 Å². The number of aryl methyl sites for hydroxylation is 6. The minimum Gasteiger partial charge on any atom is -0.233 e. The predicted molar refractivity (Wildman–Crippen MR) is 80.9 cm³/mol. The van der Waals surface area contributed by atoms with Crippen molar-refractivity contribution in [3.05, 3.63) is 23.3 Å². The summed E-state index contributed by atoms with van der Waals surface area (Å²) in [6.45, 7) is 7.63. The molecule has 3 rings (SSSR count). The molecule has 3 aromatic heterocycles. The van der Waals surface area contributed by atoms with Crippen molar-refractivity contribution in [1.29, 1.82) is 0 Å². The number of hydrogen-bond acceptors (Lipinski definition) is 7. The van der Waals surface area contributed by atoms with E-state index in [1.807, 2.05) is 44.2 Å². The lowest BCUT2D eigenvalue weighted by atomic mass is 10.7. The molecule has 0 amide bonds. The van der Waals surface area contributed by atoms with Gasteiger partial charge in [0, 0.05) is 20.9 Å². The topological polar surface area (TPSA) is 109 Å². The number of tetrazole rings is 2. The van der Waals surface area contributed by atoms with Gasteiger partial charge >= 0.3 is 5.82 Å². The lowest BCUT2D eigenvalue weighted by molar-refractivity contribution is -0.757. The van der Waals surface area contributed by atoms with Crippen LogP contribution in [0.3, 0.4) is 0 Å². The van der Waals surface area contributed by atoms with Crippen molar-refractivity contribution in [1.82, 2.24) is 50.1 Å². The first-order valence-corrected chi connectivity index (χ1v) is 6.98. The second-order valence-electron chi connectivity index (χ2n) is 4.93. The van der Waals surface area contributed by atoms with Gasteiger partial charge in [-0.15, -0.1) is 15.3 Å². The monoisotopic (exact) mass is 322 g/mol. The number of aromatic nitrogens is 11. The maximum absolute atomic E-state index is 4.24. The number of rotatable bonds is 0. The van der Waals surface area contributed by atoms with Crippen LogP contribution in [0.15, 0.2) is 0 Å². The van der Waals surface area contributed by atoms with Gasteiger partial charge in [-0.2, -0.15) is 14.2 Å². The molecule has 0 bridgehead atoms. The minimum absolute atomic E-state index is 0.711. The van der Waals surface area contributed by atoms with Crippen LogP contribution in [-0.4, -0.2) is 50.1 Å². The smallest absolute Gasteiger partial charge is 0.233 e. The zero-order chi connectivity index (χ0) is 17.6. The fraction of sp³-hybridized carbons (Fsp3) is 0.667. The maximum Gasteiger partial charge on any atom is 0.315 e. The Balaban J connectivity index is 0.000000175. The Labute approximate surface area is 134 Å². The molecule has 0 spiro atoms. The third-order valence-electron chi connectivity index (χ3n) is 3.15. The molecule has 0 aliphatic rings. The van der Waals surface area contributed by atoms with Gasteiger partial charge in [-0.3, -0.25) is 0 Å². The van der Waals surface area contributed by atoms with Crippen molar-refractivity contribution in [2.75, 3.05) is 0 Å². The molecule has 11 heteroatoms. The van der Waals surface area contributed by atoms with Crippen LogP contribution in [0.2, 0.25) is 0 Å². The van der Waals surface area contributed by atoms with Crippen LogP contribution in [0, 0.1) is 27.7 Å². The Bertz CT molecular complexity index is 681. The molecule has 0 radical (unpaired) electrons. The lowest BCUT2D eigenvalue weighted by Crippen LogP contribution is -2.39. The van der Waals surface area contributed by atoms with E-state index in [9.17, 15) is 0 Å². The third kappa shape index (κ3) is 5.52. The van der Waals surface area contributed by atoms with Crippen LogP contribution in [-0.2, 0) is 28.2 Å². The normalized spacial score (nSPS) is 9.74. The summed E-state index contributed by atoms with van der Waals surface area (Å²) < 4.78 is 5.63. The molecule has 0 aromatic carbocycles. The lowest BCUT2D eigenvalue weighted by Gasteiger charge is -1.89. The highest BCUT2D eigenvalue weighted by atomic mass is 15.6. The molecule has 0 aliphatic carbocycles. The fourth-order valence-electron chi connectivity index (χ4n) is 1.47. The molecule has 11 nitrogen and oxygen atoms in total. The van der Waals surface area contributed by atoms with Gasteiger partial charge in [-0.25, -0.2) is 4.68 Å². The zero-order valence-electron chi connectivity index (χ0n) is 14.9. The summed E-state index contributed by atoms with van der Waals surface area (Å²) >= 11 is 0. The summed E-state index contributed by atoms with van der Waals surface area (Å²) in [6, 6.07) is 0. The first-order valence-electron chi connectivity index (χ1n) is 6.98. The van der Waals surface area contributed by atoms with Crippen LogP contribution in [0.4, 0.5) is 0 Å². The molecule has 126 valence electrons. The van der Waals surface area contributed by atoms with Gasteiger partial charge in [0.15, 0.2) is 5.82 Å². The van der Waals surface area contributed by atoms with Crippen LogP contribution < -0.4 is 4.68 Å². The Kier molecular flexibility index (Phi) is 6.42. The van der Waals surface area contributed by atoms with Crippen molar-refractivity contribution in [3.8, 4) is 0 Å².